The second-order valence-electron chi connectivity index (χ2n) is 3.77. The zero-order valence-electron chi connectivity index (χ0n) is 8.37. The van der Waals surface area contributed by atoms with Crippen LogP contribution in [0.1, 0.15) is 6.92 Å². The Morgan fingerprint density at radius 2 is 2.00 bits per heavy atom. The summed E-state index contributed by atoms with van der Waals surface area (Å²) in [5.41, 5.74) is 6.33. The van der Waals surface area contributed by atoms with E-state index in [1.165, 1.54) is 12.1 Å². The van der Waals surface area contributed by atoms with Crippen molar-refractivity contribution in [3.8, 4) is 0 Å². The van der Waals surface area contributed by atoms with E-state index in [4.69, 9.17) is 5.73 Å². The molecule has 2 N–H and O–H groups in total. The van der Waals surface area contributed by atoms with Gasteiger partial charge in [0.05, 0.1) is 5.52 Å². The molecule has 15 heavy (non-hydrogen) atoms. The van der Waals surface area contributed by atoms with E-state index >= 15 is 0 Å². The third-order valence-corrected chi connectivity index (χ3v) is 2.30. The van der Waals surface area contributed by atoms with Crippen LogP contribution in [-0.2, 0) is 6.54 Å². The Morgan fingerprint density at radius 3 is 2.67 bits per heavy atom. The molecule has 0 bridgehead atoms. The Bertz CT molecular complexity index is 489. The smallest absolute Gasteiger partial charge is 0.160 e. The zero-order valence-corrected chi connectivity index (χ0v) is 8.37. The van der Waals surface area contributed by atoms with Crippen LogP contribution in [0.5, 0.6) is 0 Å². The third kappa shape index (κ3) is 1.85. The van der Waals surface area contributed by atoms with Gasteiger partial charge in [0.1, 0.15) is 0 Å². The molecule has 1 atom stereocenters. The Hall–Kier alpha value is -1.42. The highest BCUT2D eigenvalue weighted by Crippen LogP contribution is 2.19. The Morgan fingerprint density at radius 1 is 1.33 bits per heavy atom. The lowest BCUT2D eigenvalue weighted by Crippen LogP contribution is -2.21. The zero-order chi connectivity index (χ0) is 11.0. The number of rotatable bonds is 2. The minimum Gasteiger partial charge on any atom is -0.346 e. The van der Waals surface area contributed by atoms with Crippen LogP contribution in [0.3, 0.4) is 0 Å². The van der Waals surface area contributed by atoms with Crippen LogP contribution in [0, 0.1) is 11.6 Å². The molecule has 0 spiro atoms. The average molecular weight is 210 g/mol. The lowest BCUT2D eigenvalue weighted by atomic mass is 10.2. The van der Waals surface area contributed by atoms with Crippen LogP contribution in [-0.4, -0.2) is 10.6 Å². The number of nitrogens with zero attached hydrogens (tertiary/aromatic N) is 1. The summed E-state index contributed by atoms with van der Waals surface area (Å²) < 4.78 is 27.8. The van der Waals surface area contributed by atoms with Gasteiger partial charge in [0.2, 0.25) is 0 Å². The molecule has 0 saturated heterocycles. The van der Waals surface area contributed by atoms with Gasteiger partial charge in [0, 0.05) is 30.2 Å². The van der Waals surface area contributed by atoms with Gasteiger partial charge in [-0.2, -0.15) is 0 Å². The van der Waals surface area contributed by atoms with E-state index in [2.05, 4.69) is 0 Å². The van der Waals surface area contributed by atoms with Crippen LogP contribution in [0.25, 0.3) is 10.9 Å². The lowest BCUT2D eigenvalue weighted by Gasteiger charge is -2.08. The van der Waals surface area contributed by atoms with E-state index in [9.17, 15) is 8.78 Å². The predicted molar refractivity (Wildman–Crippen MR) is 55.5 cm³/mol. The maximum absolute atomic E-state index is 13.0. The molecule has 80 valence electrons. The molecule has 2 rings (SSSR count). The maximum atomic E-state index is 13.0. The van der Waals surface area contributed by atoms with Crippen molar-refractivity contribution >= 4 is 10.9 Å². The number of nitrogens with two attached hydrogens (primary N) is 1. The van der Waals surface area contributed by atoms with E-state index in [0.717, 1.165) is 0 Å². The van der Waals surface area contributed by atoms with Crippen molar-refractivity contribution in [2.75, 3.05) is 0 Å². The summed E-state index contributed by atoms with van der Waals surface area (Å²) in [5, 5.41) is 0.689. The topological polar surface area (TPSA) is 30.9 Å². The van der Waals surface area contributed by atoms with Crippen LogP contribution < -0.4 is 5.73 Å². The molecule has 0 unspecified atom stereocenters. The monoisotopic (exact) mass is 210 g/mol. The summed E-state index contributed by atoms with van der Waals surface area (Å²) in [4.78, 5) is 0. The molecule has 0 aliphatic heterocycles. The quantitative estimate of drug-likeness (QED) is 0.809. The highest BCUT2D eigenvalue weighted by molar-refractivity contribution is 5.80. The highest BCUT2D eigenvalue weighted by Gasteiger charge is 2.08. The first-order chi connectivity index (χ1) is 7.08. The lowest BCUT2D eigenvalue weighted by molar-refractivity contribution is 0.510. The van der Waals surface area contributed by atoms with Crippen LogP contribution in [0.4, 0.5) is 8.78 Å². The summed E-state index contributed by atoms with van der Waals surface area (Å²) in [6.45, 7) is 2.46. The summed E-state index contributed by atoms with van der Waals surface area (Å²) >= 11 is 0. The third-order valence-electron chi connectivity index (χ3n) is 2.30. The first-order valence-electron chi connectivity index (χ1n) is 4.77. The van der Waals surface area contributed by atoms with Crippen LogP contribution >= 0.6 is 0 Å². The maximum Gasteiger partial charge on any atom is 0.160 e. The van der Waals surface area contributed by atoms with E-state index in [1.807, 2.05) is 11.5 Å². The number of hydrogen-bond acceptors (Lipinski definition) is 1. The number of aromatic nitrogens is 1. The molecule has 0 fully saturated rings. The van der Waals surface area contributed by atoms with Crippen molar-refractivity contribution in [3.63, 3.8) is 0 Å². The predicted octanol–water partition coefficient (Wildman–Crippen LogP) is 2.27. The molecular formula is C11H12F2N2. The highest BCUT2D eigenvalue weighted by atomic mass is 19.2. The SMILES string of the molecule is C[C@@H](N)Cn1ccc2cc(F)c(F)cc21. The molecule has 0 amide bonds. The molecule has 0 aliphatic carbocycles. The number of hydrogen-bond donors (Lipinski definition) is 1. The van der Waals surface area contributed by atoms with E-state index in [0.29, 0.717) is 17.4 Å². The largest absolute Gasteiger partial charge is 0.346 e. The normalized spacial score (nSPS) is 13.3. The summed E-state index contributed by atoms with van der Waals surface area (Å²) in [6, 6.07) is 4.13. The second kappa shape index (κ2) is 3.62. The summed E-state index contributed by atoms with van der Waals surface area (Å²) in [5.74, 6) is -1.65. The number of fused-ring (bicyclic) bond motifs is 1. The van der Waals surface area contributed by atoms with Gasteiger partial charge in [0.25, 0.3) is 0 Å². The van der Waals surface area contributed by atoms with Crippen molar-refractivity contribution < 1.29 is 8.78 Å². The molecule has 0 radical (unpaired) electrons. The van der Waals surface area contributed by atoms with E-state index < -0.39 is 11.6 Å². The van der Waals surface area contributed by atoms with Gasteiger partial charge in [-0.1, -0.05) is 0 Å². The van der Waals surface area contributed by atoms with Crippen molar-refractivity contribution in [1.29, 1.82) is 0 Å². The molecule has 2 nitrogen and oxygen atoms in total. The standard InChI is InChI=1S/C11H12F2N2/c1-7(14)6-15-3-2-8-4-9(12)10(13)5-11(8)15/h2-5,7H,6,14H2,1H3/t7-/m1/s1. The second-order valence-corrected chi connectivity index (χ2v) is 3.77. The number of halogens is 2. The number of benzene rings is 1. The van der Waals surface area contributed by atoms with E-state index in [1.54, 1.807) is 12.3 Å². The molecule has 0 saturated carbocycles. The molecule has 1 heterocycles. The van der Waals surface area contributed by atoms with Gasteiger partial charge >= 0.3 is 0 Å². The first kappa shape index (κ1) is 10.1. The van der Waals surface area contributed by atoms with Gasteiger partial charge in [-0.05, 0) is 19.1 Å². The van der Waals surface area contributed by atoms with Gasteiger partial charge in [-0.15, -0.1) is 0 Å². The fraction of sp³-hybridized carbons (Fsp3) is 0.273. The molecule has 1 aromatic heterocycles. The van der Waals surface area contributed by atoms with Crippen molar-refractivity contribution in [2.24, 2.45) is 5.73 Å². The van der Waals surface area contributed by atoms with Crippen molar-refractivity contribution in [2.45, 2.75) is 19.5 Å². The van der Waals surface area contributed by atoms with Gasteiger partial charge < -0.3 is 10.3 Å². The van der Waals surface area contributed by atoms with E-state index in [-0.39, 0.29) is 6.04 Å². The Kier molecular flexibility index (Phi) is 2.44. The Balaban J connectivity index is 2.54. The van der Waals surface area contributed by atoms with Gasteiger partial charge in [-0.25, -0.2) is 8.78 Å². The van der Waals surface area contributed by atoms with Crippen molar-refractivity contribution in [1.82, 2.24) is 4.57 Å². The average Bonchev–Trinajstić information content (AvgIpc) is 2.49. The van der Waals surface area contributed by atoms with Gasteiger partial charge in [-0.3, -0.25) is 0 Å². The summed E-state index contributed by atoms with van der Waals surface area (Å²) in [6.07, 6.45) is 1.78. The molecular weight excluding hydrogens is 198 g/mol. The fourth-order valence-corrected chi connectivity index (χ4v) is 1.65. The van der Waals surface area contributed by atoms with Crippen LogP contribution in [0.2, 0.25) is 0 Å². The minimum atomic E-state index is -0.827. The van der Waals surface area contributed by atoms with Crippen molar-refractivity contribution in [3.05, 3.63) is 36.0 Å². The molecule has 0 aliphatic rings. The van der Waals surface area contributed by atoms with Crippen LogP contribution in [0.15, 0.2) is 24.4 Å². The molecule has 1 aromatic carbocycles. The fourth-order valence-electron chi connectivity index (χ4n) is 1.65. The summed E-state index contributed by atoms with van der Waals surface area (Å²) in [7, 11) is 0. The molecule has 2 aromatic rings. The first-order valence-corrected chi connectivity index (χ1v) is 4.77. The van der Waals surface area contributed by atoms with Gasteiger partial charge in [0.15, 0.2) is 11.6 Å². The Labute approximate surface area is 86.3 Å². The molecule has 4 heteroatoms. The minimum absolute atomic E-state index is 0.0197.